The Morgan fingerprint density at radius 3 is 2.47 bits per heavy atom. The molecule has 1 fully saturated rings. The van der Waals surface area contributed by atoms with E-state index in [1.165, 1.54) is 23.9 Å². The summed E-state index contributed by atoms with van der Waals surface area (Å²) in [5.41, 5.74) is 5.25. The highest BCUT2D eigenvalue weighted by Crippen LogP contribution is 2.42. The molecule has 1 nitrogen and oxygen atoms in total. The van der Waals surface area contributed by atoms with E-state index < -0.39 is 17.2 Å². The number of halogens is 2. The first-order chi connectivity index (χ1) is 7.08. The van der Waals surface area contributed by atoms with Gasteiger partial charge >= 0.3 is 0 Å². The second-order valence-electron chi connectivity index (χ2n) is 3.95. The highest BCUT2D eigenvalue weighted by molar-refractivity contribution is 7.98. The lowest BCUT2D eigenvalue weighted by Crippen LogP contribution is -2.44. The van der Waals surface area contributed by atoms with Crippen molar-refractivity contribution in [2.24, 2.45) is 5.73 Å². The second kappa shape index (κ2) is 3.76. The van der Waals surface area contributed by atoms with Crippen molar-refractivity contribution >= 4 is 11.8 Å². The summed E-state index contributed by atoms with van der Waals surface area (Å²) in [6.45, 7) is 0. The van der Waals surface area contributed by atoms with Gasteiger partial charge in [0.05, 0.1) is 0 Å². The Balaban J connectivity index is 2.53. The molecule has 0 saturated heterocycles. The van der Waals surface area contributed by atoms with Gasteiger partial charge in [-0.3, -0.25) is 0 Å². The van der Waals surface area contributed by atoms with Crippen LogP contribution in [-0.2, 0) is 5.54 Å². The standard InChI is InChI=1S/C11H13F2NS/c1-15-8-4-3-7(12)9(10(8)13)11(14)5-2-6-11/h3-4H,2,5-6,14H2,1H3. The molecular weight excluding hydrogens is 216 g/mol. The number of nitrogens with two attached hydrogens (primary N) is 1. The third-order valence-corrected chi connectivity index (χ3v) is 3.77. The molecule has 0 aliphatic heterocycles. The Bertz CT molecular complexity index is 388. The van der Waals surface area contributed by atoms with Crippen LogP contribution in [0.5, 0.6) is 0 Å². The summed E-state index contributed by atoms with van der Waals surface area (Å²) in [6, 6.07) is 2.76. The molecule has 0 heterocycles. The number of hydrogen-bond donors (Lipinski definition) is 1. The molecule has 0 bridgehead atoms. The van der Waals surface area contributed by atoms with Crippen molar-refractivity contribution in [1.29, 1.82) is 0 Å². The zero-order chi connectivity index (χ0) is 11.1. The minimum atomic E-state index is -0.778. The Morgan fingerprint density at radius 2 is 2.00 bits per heavy atom. The molecule has 2 N–H and O–H groups in total. The van der Waals surface area contributed by atoms with Gasteiger partial charge in [-0.05, 0) is 37.7 Å². The summed E-state index contributed by atoms with van der Waals surface area (Å²) in [4.78, 5) is 0.461. The van der Waals surface area contributed by atoms with E-state index >= 15 is 0 Å². The lowest BCUT2D eigenvalue weighted by atomic mass is 9.72. The van der Waals surface area contributed by atoms with Gasteiger partial charge in [-0.1, -0.05) is 0 Å². The third kappa shape index (κ3) is 1.66. The molecule has 4 heteroatoms. The van der Waals surface area contributed by atoms with Crippen LogP contribution < -0.4 is 5.73 Å². The Labute approximate surface area is 92.0 Å². The average molecular weight is 229 g/mol. The van der Waals surface area contributed by atoms with Crippen molar-refractivity contribution in [1.82, 2.24) is 0 Å². The average Bonchev–Trinajstić information content (AvgIpc) is 2.15. The van der Waals surface area contributed by atoms with Crippen LogP contribution in [0.1, 0.15) is 24.8 Å². The van der Waals surface area contributed by atoms with Gasteiger partial charge in [0.1, 0.15) is 11.6 Å². The van der Waals surface area contributed by atoms with E-state index in [0.29, 0.717) is 17.7 Å². The summed E-state index contributed by atoms with van der Waals surface area (Å²) in [7, 11) is 0. The fraction of sp³-hybridized carbons (Fsp3) is 0.455. The van der Waals surface area contributed by atoms with Crippen molar-refractivity contribution in [2.45, 2.75) is 29.7 Å². The van der Waals surface area contributed by atoms with Crippen LogP contribution in [0.3, 0.4) is 0 Å². The smallest absolute Gasteiger partial charge is 0.144 e. The molecule has 15 heavy (non-hydrogen) atoms. The minimum absolute atomic E-state index is 0.0700. The van der Waals surface area contributed by atoms with E-state index in [-0.39, 0.29) is 5.56 Å². The van der Waals surface area contributed by atoms with Crippen LogP contribution in [0.25, 0.3) is 0 Å². The van der Waals surface area contributed by atoms with Crippen molar-refractivity contribution < 1.29 is 8.78 Å². The molecule has 1 aromatic carbocycles. The quantitative estimate of drug-likeness (QED) is 0.789. The first-order valence-electron chi connectivity index (χ1n) is 4.90. The van der Waals surface area contributed by atoms with Crippen molar-refractivity contribution in [3.05, 3.63) is 29.3 Å². The van der Waals surface area contributed by atoms with E-state index in [4.69, 9.17) is 5.73 Å². The molecule has 82 valence electrons. The Hall–Kier alpha value is -0.610. The third-order valence-electron chi connectivity index (χ3n) is 3.02. The molecule has 0 aromatic heterocycles. The summed E-state index contributed by atoms with van der Waals surface area (Å²) >= 11 is 1.27. The Kier molecular flexibility index (Phi) is 2.73. The van der Waals surface area contributed by atoms with Gasteiger partial charge in [0.2, 0.25) is 0 Å². The molecule has 1 saturated carbocycles. The predicted octanol–water partition coefficient (Wildman–Crippen LogP) is 3.02. The first-order valence-corrected chi connectivity index (χ1v) is 6.12. The second-order valence-corrected chi connectivity index (χ2v) is 4.80. The topological polar surface area (TPSA) is 26.0 Å². The van der Waals surface area contributed by atoms with E-state index in [1.807, 2.05) is 0 Å². The molecular formula is C11H13F2NS. The van der Waals surface area contributed by atoms with Gasteiger partial charge in [0, 0.05) is 16.0 Å². The van der Waals surface area contributed by atoms with Crippen LogP contribution >= 0.6 is 11.8 Å². The fourth-order valence-electron chi connectivity index (χ4n) is 1.96. The predicted molar refractivity (Wildman–Crippen MR) is 57.9 cm³/mol. The minimum Gasteiger partial charge on any atom is -0.321 e. The molecule has 0 amide bonds. The van der Waals surface area contributed by atoms with Gasteiger partial charge < -0.3 is 5.73 Å². The van der Waals surface area contributed by atoms with Gasteiger partial charge in [0.15, 0.2) is 0 Å². The van der Waals surface area contributed by atoms with E-state index in [1.54, 1.807) is 6.26 Å². The van der Waals surface area contributed by atoms with Crippen molar-refractivity contribution in [2.75, 3.05) is 6.26 Å². The zero-order valence-electron chi connectivity index (χ0n) is 8.52. The maximum atomic E-state index is 13.9. The number of hydrogen-bond acceptors (Lipinski definition) is 2. The van der Waals surface area contributed by atoms with Crippen molar-refractivity contribution in [3.63, 3.8) is 0 Å². The monoisotopic (exact) mass is 229 g/mol. The van der Waals surface area contributed by atoms with Crippen molar-refractivity contribution in [3.8, 4) is 0 Å². The molecule has 0 radical (unpaired) electrons. The summed E-state index contributed by atoms with van der Waals surface area (Å²) in [5, 5.41) is 0. The van der Waals surface area contributed by atoms with Crippen LogP contribution in [0.15, 0.2) is 17.0 Å². The maximum absolute atomic E-state index is 13.9. The van der Waals surface area contributed by atoms with Crippen LogP contribution in [0.2, 0.25) is 0 Å². The fourth-order valence-corrected chi connectivity index (χ4v) is 2.44. The molecule has 0 spiro atoms. The highest BCUT2D eigenvalue weighted by atomic mass is 32.2. The summed E-state index contributed by atoms with van der Waals surface area (Å²) in [6.07, 6.45) is 4.04. The SMILES string of the molecule is CSc1ccc(F)c(C2(N)CCC2)c1F. The van der Waals surface area contributed by atoms with Crippen LogP contribution in [0.4, 0.5) is 8.78 Å². The number of benzene rings is 1. The van der Waals surface area contributed by atoms with Gasteiger partial charge in [-0.15, -0.1) is 11.8 Å². The Morgan fingerprint density at radius 1 is 1.33 bits per heavy atom. The van der Waals surface area contributed by atoms with Gasteiger partial charge in [-0.2, -0.15) is 0 Å². The van der Waals surface area contributed by atoms with Crippen LogP contribution in [-0.4, -0.2) is 6.26 Å². The largest absolute Gasteiger partial charge is 0.321 e. The molecule has 1 aliphatic rings. The summed E-state index contributed by atoms with van der Waals surface area (Å²) < 4.78 is 27.5. The lowest BCUT2D eigenvalue weighted by molar-refractivity contribution is 0.234. The molecule has 2 rings (SSSR count). The maximum Gasteiger partial charge on any atom is 0.144 e. The first kappa shape index (κ1) is 10.9. The van der Waals surface area contributed by atoms with E-state index in [9.17, 15) is 8.78 Å². The molecule has 1 aromatic rings. The van der Waals surface area contributed by atoms with Gasteiger partial charge in [-0.25, -0.2) is 8.78 Å². The zero-order valence-corrected chi connectivity index (χ0v) is 9.33. The summed E-state index contributed by atoms with van der Waals surface area (Å²) in [5.74, 6) is -1.00. The van der Waals surface area contributed by atoms with E-state index in [0.717, 1.165) is 6.42 Å². The molecule has 1 aliphatic carbocycles. The van der Waals surface area contributed by atoms with Gasteiger partial charge in [0.25, 0.3) is 0 Å². The number of rotatable bonds is 2. The highest BCUT2D eigenvalue weighted by Gasteiger charge is 2.39. The van der Waals surface area contributed by atoms with E-state index in [2.05, 4.69) is 0 Å². The normalized spacial score (nSPS) is 18.7. The molecule has 0 atom stereocenters. The lowest BCUT2D eigenvalue weighted by Gasteiger charge is -2.39. The van der Waals surface area contributed by atoms with Crippen LogP contribution in [0, 0.1) is 11.6 Å². The molecule has 0 unspecified atom stereocenters. The number of thioether (sulfide) groups is 1.